The summed E-state index contributed by atoms with van der Waals surface area (Å²) in [5.74, 6) is 0.700. The summed E-state index contributed by atoms with van der Waals surface area (Å²) < 4.78 is 12.4. The van der Waals surface area contributed by atoms with Gasteiger partial charge in [0.25, 0.3) is 0 Å². The molecule has 0 radical (unpaired) electrons. The number of halogens is 1. The highest BCUT2D eigenvalue weighted by molar-refractivity contribution is 6.32. The number of imidazole rings is 1. The Hall–Kier alpha value is -3.24. The predicted molar refractivity (Wildman–Crippen MR) is 124 cm³/mol. The third-order valence-electron chi connectivity index (χ3n) is 4.90. The summed E-state index contributed by atoms with van der Waals surface area (Å²) in [5.41, 5.74) is 2.82. The fourth-order valence-electron chi connectivity index (χ4n) is 3.34. The van der Waals surface area contributed by atoms with Gasteiger partial charge in [-0.3, -0.25) is 4.40 Å². The molecule has 0 bridgehead atoms. The second-order valence-electron chi connectivity index (χ2n) is 8.43. The summed E-state index contributed by atoms with van der Waals surface area (Å²) in [5, 5.41) is 9.40. The lowest BCUT2D eigenvalue weighted by Crippen LogP contribution is -2.34. The van der Waals surface area contributed by atoms with Gasteiger partial charge in [0.1, 0.15) is 28.3 Å². The Balaban J connectivity index is 0.000000207. The van der Waals surface area contributed by atoms with Crippen LogP contribution in [0.1, 0.15) is 39.2 Å². The molecule has 7 nitrogen and oxygen atoms in total. The molecule has 1 aliphatic rings. The van der Waals surface area contributed by atoms with Gasteiger partial charge in [-0.2, -0.15) is 5.26 Å². The predicted octanol–water partition coefficient (Wildman–Crippen LogP) is 5.55. The van der Waals surface area contributed by atoms with Crippen LogP contribution >= 0.6 is 11.6 Å². The molecule has 4 rings (SSSR count). The van der Waals surface area contributed by atoms with Crippen LogP contribution in [0.15, 0.2) is 42.9 Å². The Morgan fingerprint density at radius 2 is 1.84 bits per heavy atom. The van der Waals surface area contributed by atoms with E-state index in [-0.39, 0.29) is 11.7 Å². The number of nitrogens with zero attached hydrogens (tertiary/aromatic N) is 4. The first-order chi connectivity index (χ1) is 15.2. The smallest absolute Gasteiger partial charge is 0.410 e. The first kappa shape index (κ1) is 23.4. The number of amides is 1. The Morgan fingerprint density at radius 1 is 1.19 bits per heavy atom. The highest BCUT2D eigenvalue weighted by atomic mass is 35.5. The normalized spacial score (nSPS) is 13.3. The Morgan fingerprint density at radius 3 is 2.41 bits per heavy atom. The molecule has 0 spiro atoms. The highest BCUT2D eigenvalue weighted by Gasteiger charge is 2.23. The molecule has 2 aromatic heterocycles. The van der Waals surface area contributed by atoms with Crippen LogP contribution in [0, 0.1) is 11.3 Å². The number of nitriles is 1. The van der Waals surface area contributed by atoms with Gasteiger partial charge in [0.05, 0.1) is 24.9 Å². The number of methoxy groups -OCH3 is 1. The van der Waals surface area contributed by atoms with E-state index in [0.717, 1.165) is 42.6 Å². The molecule has 0 saturated carbocycles. The molecule has 1 amide bonds. The van der Waals surface area contributed by atoms with Crippen LogP contribution in [-0.2, 0) is 4.74 Å². The molecule has 1 saturated heterocycles. The Labute approximate surface area is 193 Å². The van der Waals surface area contributed by atoms with E-state index < -0.39 is 0 Å². The van der Waals surface area contributed by atoms with Crippen molar-refractivity contribution in [3.63, 3.8) is 0 Å². The van der Waals surface area contributed by atoms with Gasteiger partial charge in [-0.25, -0.2) is 9.78 Å². The average molecular weight is 455 g/mol. The lowest BCUT2D eigenvalue weighted by atomic mass is 10.1. The number of carbonyl (C=O) groups excluding carboxylic acids is 1. The maximum absolute atomic E-state index is 11.4. The van der Waals surface area contributed by atoms with Crippen LogP contribution in [0.2, 0.25) is 5.15 Å². The maximum atomic E-state index is 11.4. The molecule has 3 heterocycles. The summed E-state index contributed by atoms with van der Waals surface area (Å²) in [6, 6.07) is 11.2. The van der Waals surface area contributed by atoms with Crippen molar-refractivity contribution in [1.82, 2.24) is 14.3 Å². The molecular weight excluding hydrogens is 428 g/mol. The number of aromatic nitrogens is 2. The van der Waals surface area contributed by atoms with Crippen molar-refractivity contribution in [2.45, 2.75) is 39.2 Å². The van der Waals surface area contributed by atoms with Gasteiger partial charge in [0.2, 0.25) is 0 Å². The van der Waals surface area contributed by atoms with Crippen molar-refractivity contribution in [2.24, 2.45) is 0 Å². The number of pyridine rings is 1. The van der Waals surface area contributed by atoms with E-state index in [9.17, 15) is 4.79 Å². The van der Waals surface area contributed by atoms with Crippen molar-refractivity contribution in [3.05, 3.63) is 53.6 Å². The first-order valence-corrected chi connectivity index (χ1v) is 10.8. The number of fused-ring (bicyclic) bond motifs is 1. The minimum Gasteiger partial charge on any atom is -0.494 e. The third-order valence-corrected chi connectivity index (χ3v) is 5.29. The SMILES string of the molecule is CC(C)(C)OC(=O)N1CCCC1.COc1cc(-c2ccc(C#N)cc2)c(Cl)n2cncc12. The Kier molecular flexibility index (Phi) is 7.26. The van der Waals surface area contributed by atoms with E-state index >= 15 is 0 Å². The van der Waals surface area contributed by atoms with E-state index in [1.54, 1.807) is 41.1 Å². The monoisotopic (exact) mass is 454 g/mol. The lowest BCUT2D eigenvalue weighted by Gasteiger charge is -2.23. The summed E-state index contributed by atoms with van der Waals surface area (Å²) in [4.78, 5) is 17.2. The molecule has 3 aromatic rings. The number of likely N-dealkylation sites (tertiary alicyclic amines) is 1. The maximum Gasteiger partial charge on any atom is 0.410 e. The van der Waals surface area contributed by atoms with Crippen LogP contribution in [0.4, 0.5) is 4.79 Å². The zero-order valence-corrected chi connectivity index (χ0v) is 19.5. The van der Waals surface area contributed by atoms with Gasteiger partial charge in [-0.1, -0.05) is 23.7 Å². The number of rotatable bonds is 2. The van der Waals surface area contributed by atoms with E-state index in [1.165, 1.54) is 0 Å². The average Bonchev–Trinajstić information content (AvgIpc) is 3.46. The van der Waals surface area contributed by atoms with E-state index in [2.05, 4.69) is 11.1 Å². The summed E-state index contributed by atoms with van der Waals surface area (Å²) >= 11 is 6.42. The standard InChI is InChI=1S/C15H10ClN3O.C9H17NO2/c1-20-14-6-12(11-4-2-10(7-17)3-5-11)15(16)19-9-18-8-13(14)19;1-9(2,3)12-8(11)10-6-4-5-7-10/h2-6,8-9H,1H3;4-7H2,1-3H3. The number of carbonyl (C=O) groups is 1. The zero-order chi connectivity index (χ0) is 23.3. The van der Waals surface area contributed by atoms with Crippen molar-refractivity contribution in [1.29, 1.82) is 5.26 Å². The number of hydrogen-bond donors (Lipinski definition) is 0. The van der Waals surface area contributed by atoms with Crippen LogP contribution in [-0.4, -0.2) is 46.2 Å². The van der Waals surface area contributed by atoms with Gasteiger partial charge in [-0.05, 0) is 57.4 Å². The second-order valence-corrected chi connectivity index (χ2v) is 8.79. The fourth-order valence-corrected chi connectivity index (χ4v) is 3.64. The topological polar surface area (TPSA) is 79.9 Å². The molecule has 1 fully saturated rings. The minimum atomic E-state index is -0.361. The van der Waals surface area contributed by atoms with Crippen molar-refractivity contribution in [3.8, 4) is 22.9 Å². The van der Waals surface area contributed by atoms with E-state index in [0.29, 0.717) is 16.5 Å². The lowest BCUT2D eigenvalue weighted by molar-refractivity contribution is 0.0295. The van der Waals surface area contributed by atoms with E-state index in [4.69, 9.17) is 26.3 Å². The molecule has 8 heteroatoms. The molecule has 0 unspecified atom stereocenters. The van der Waals surface area contributed by atoms with Crippen molar-refractivity contribution in [2.75, 3.05) is 20.2 Å². The van der Waals surface area contributed by atoms with Crippen molar-refractivity contribution < 1.29 is 14.3 Å². The zero-order valence-electron chi connectivity index (χ0n) is 18.8. The van der Waals surface area contributed by atoms with Crippen molar-refractivity contribution >= 4 is 23.2 Å². The second kappa shape index (κ2) is 9.92. The van der Waals surface area contributed by atoms with Gasteiger partial charge in [-0.15, -0.1) is 0 Å². The number of ether oxygens (including phenoxy) is 2. The van der Waals surface area contributed by atoms with E-state index in [1.807, 2.05) is 39.0 Å². The number of benzene rings is 1. The van der Waals surface area contributed by atoms with Gasteiger partial charge >= 0.3 is 6.09 Å². The van der Waals surface area contributed by atoms with Crippen LogP contribution in [0.25, 0.3) is 16.6 Å². The van der Waals surface area contributed by atoms with Gasteiger partial charge in [0.15, 0.2) is 0 Å². The fraction of sp³-hybridized carbons (Fsp3) is 0.375. The van der Waals surface area contributed by atoms with Crippen LogP contribution in [0.5, 0.6) is 5.75 Å². The Bertz CT molecular complexity index is 1120. The molecule has 0 atom stereocenters. The first-order valence-electron chi connectivity index (χ1n) is 10.4. The molecule has 0 N–H and O–H groups in total. The largest absolute Gasteiger partial charge is 0.494 e. The molecule has 1 aliphatic heterocycles. The molecule has 0 aliphatic carbocycles. The quantitative estimate of drug-likeness (QED) is 0.474. The molecule has 168 valence electrons. The van der Waals surface area contributed by atoms with Gasteiger partial charge < -0.3 is 14.4 Å². The third kappa shape index (κ3) is 5.51. The number of hydrogen-bond acceptors (Lipinski definition) is 5. The summed E-state index contributed by atoms with van der Waals surface area (Å²) in [6.07, 6.45) is 5.40. The van der Waals surface area contributed by atoms with Crippen LogP contribution in [0.3, 0.4) is 0 Å². The highest BCUT2D eigenvalue weighted by Crippen LogP contribution is 2.34. The van der Waals surface area contributed by atoms with Gasteiger partial charge in [0, 0.05) is 18.7 Å². The molecule has 1 aromatic carbocycles. The molecular formula is C24H27ClN4O3. The van der Waals surface area contributed by atoms with Crippen LogP contribution < -0.4 is 4.74 Å². The summed E-state index contributed by atoms with van der Waals surface area (Å²) in [6.45, 7) is 7.38. The molecule has 32 heavy (non-hydrogen) atoms. The minimum absolute atomic E-state index is 0.167. The summed E-state index contributed by atoms with van der Waals surface area (Å²) in [7, 11) is 1.61.